The second-order valence-corrected chi connectivity index (χ2v) is 3.97. The van der Waals surface area contributed by atoms with Crippen LogP contribution in [-0.4, -0.2) is 13.1 Å². The molecule has 0 saturated carbocycles. The summed E-state index contributed by atoms with van der Waals surface area (Å²) in [5.74, 6) is 0.0494. The summed E-state index contributed by atoms with van der Waals surface area (Å²) in [4.78, 5) is 10.5. The van der Waals surface area contributed by atoms with Crippen molar-refractivity contribution in [2.45, 2.75) is 13.0 Å². The molecule has 0 N–H and O–H groups in total. The highest BCUT2D eigenvalue weighted by molar-refractivity contribution is 9.10. The van der Waals surface area contributed by atoms with Crippen LogP contribution in [0, 0.1) is 5.82 Å². The molecule has 0 radical (unpaired) electrons. The zero-order chi connectivity index (χ0) is 10.8. The number of rotatable bonds is 2. The normalized spacial score (nSPS) is 14.3. The molecule has 0 unspecified atom stereocenters. The van der Waals surface area contributed by atoms with Crippen LogP contribution in [-0.2, 0) is 22.6 Å². The lowest BCUT2D eigenvalue weighted by atomic mass is 10.1. The highest BCUT2D eigenvalue weighted by Gasteiger charge is 2.21. The van der Waals surface area contributed by atoms with E-state index in [2.05, 4.69) is 15.9 Å². The van der Waals surface area contributed by atoms with E-state index >= 15 is 0 Å². The quantitative estimate of drug-likeness (QED) is 0.776. The minimum absolute atomic E-state index is 0.0972. The second-order valence-electron chi connectivity index (χ2n) is 3.12. The average Bonchev–Trinajstić information content (AvgIpc) is 2.26. The number of aldehydes is 1. The topological polar surface area (TPSA) is 35.5 Å². The summed E-state index contributed by atoms with van der Waals surface area (Å²) < 4.78 is 24.1. The number of carbonyl (C=O) groups is 1. The van der Waals surface area contributed by atoms with Gasteiger partial charge in [-0.05, 0) is 22.0 Å². The Labute approximate surface area is 94.3 Å². The first kappa shape index (κ1) is 10.6. The molecule has 0 spiro atoms. The zero-order valence-electron chi connectivity index (χ0n) is 7.76. The third-order valence-corrected chi connectivity index (χ3v) is 2.75. The van der Waals surface area contributed by atoms with Crippen molar-refractivity contribution >= 4 is 22.2 Å². The fourth-order valence-electron chi connectivity index (χ4n) is 1.51. The molecule has 1 aromatic rings. The molecule has 1 aliphatic rings. The van der Waals surface area contributed by atoms with Gasteiger partial charge in [0.25, 0.3) is 0 Å². The van der Waals surface area contributed by atoms with Crippen molar-refractivity contribution in [3.05, 3.63) is 27.5 Å². The number of halogens is 2. The molecule has 0 fully saturated rings. The molecular formula is C10H8BrFO3. The Morgan fingerprint density at radius 2 is 2.40 bits per heavy atom. The van der Waals surface area contributed by atoms with Gasteiger partial charge < -0.3 is 14.3 Å². The van der Waals surface area contributed by atoms with Crippen molar-refractivity contribution in [2.24, 2.45) is 0 Å². The molecule has 0 atom stereocenters. The van der Waals surface area contributed by atoms with Gasteiger partial charge in [0.15, 0.2) is 6.79 Å². The fraction of sp³-hybridized carbons (Fsp3) is 0.300. The molecule has 80 valence electrons. The van der Waals surface area contributed by atoms with Gasteiger partial charge in [-0.1, -0.05) is 0 Å². The summed E-state index contributed by atoms with van der Waals surface area (Å²) in [6, 6.07) is 1.56. The largest absolute Gasteiger partial charge is 0.467 e. The lowest BCUT2D eigenvalue weighted by Crippen LogP contribution is -2.15. The van der Waals surface area contributed by atoms with Gasteiger partial charge in [-0.25, -0.2) is 4.39 Å². The summed E-state index contributed by atoms with van der Waals surface area (Å²) in [6.45, 7) is 0.270. The van der Waals surface area contributed by atoms with Crippen LogP contribution in [0.25, 0.3) is 0 Å². The van der Waals surface area contributed by atoms with E-state index in [1.165, 1.54) is 0 Å². The van der Waals surface area contributed by atoms with Crippen LogP contribution in [0.4, 0.5) is 4.39 Å². The zero-order valence-corrected chi connectivity index (χ0v) is 9.34. The van der Waals surface area contributed by atoms with E-state index < -0.39 is 0 Å². The van der Waals surface area contributed by atoms with Gasteiger partial charge in [-0.3, -0.25) is 0 Å². The van der Waals surface area contributed by atoms with Gasteiger partial charge in [-0.15, -0.1) is 0 Å². The smallest absolute Gasteiger partial charge is 0.189 e. The first-order chi connectivity index (χ1) is 7.24. The highest BCUT2D eigenvalue weighted by atomic mass is 79.9. The third-order valence-electron chi connectivity index (χ3n) is 2.18. The standard InChI is InChI=1S/C10H8BrFO3/c11-8-3-6(1-2-13)10-7(9(8)12)4-14-5-15-10/h2-3H,1,4-5H2. The molecule has 0 aliphatic carbocycles. The van der Waals surface area contributed by atoms with Gasteiger partial charge in [0.05, 0.1) is 16.6 Å². The van der Waals surface area contributed by atoms with Gasteiger partial charge in [0.2, 0.25) is 0 Å². The van der Waals surface area contributed by atoms with Gasteiger partial charge in [0.1, 0.15) is 17.9 Å². The first-order valence-corrected chi connectivity index (χ1v) is 5.17. The Morgan fingerprint density at radius 1 is 1.60 bits per heavy atom. The van der Waals surface area contributed by atoms with Crippen molar-refractivity contribution in [1.29, 1.82) is 0 Å². The molecule has 1 aliphatic heterocycles. The van der Waals surface area contributed by atoms with E-state index in [0.717, 1.165) is 6.29 Å². The van der Waals surface area contributed by atoms with Crippen LogP contribution in [0.15, 0.2) is 10.5 Å². The molecule has 0 amide bonds. The van der Waals surface area contributed by atoms with Gasteiger partial charge >= 0.3 is 0 Å². The Hall–Kier alpha value is -0.940. The maximum absolute atomic E-state index is 13.6. The minimum Gasteiger partial charge on any atom is -0.467 e. The van der Waals surface area contributed by atoms with E-state index in [4.69, 9.17) is 9.47 Å². The van der Waals surface area contributed by atoms with Crippen molar-refractivity contribution in [3.8, 4) is 5.75 Å². The Morgan fingerprint density at radius 3 is 3.13 bits per heavy atom. The third kappa shape index (κ3) is 1.89. The van der Waals surface area contributed by atoms with Gasteiger partial charge in [0, 0.05) is 12.0 Å². The van der Waals surface area contributed by atoms with Gasteiger partial charge in [-0.2, -0.15) is 0 Å². The maximum atomic E-state index is 13.6. The molecule has 1 aromatic carbocycles. The summed E-state index contributed by atoms with van der Waals surface area (Å²) in [7, 11) is 0. The summed E-state index contributed by atoms with van der Waals surface area (Å²) in [5, 5.41) is 0. The lowest BCUT2D eigenvalue weighted by Gasteiger charge is -2.21. The number of fused-ring (bicyclic) bond motifs is 1. The van der Waals surface area contributed by atoms with Crippen molar-refractivity contribution in [3.63, 3.8) is 0 Å². The predicted molar refractivity (Wildman–Crippen MR) is 54.2 cm³/mol. The first-order valence-electron chi connectivity index (χ1n) is 4.38. The number of ether oxygens (including phenoxy) is 2. The van der Waals surface area contributed by atoms with Crippen LogP contribution in [0.2, 0.25) is 0 Å². The second kappa shape index (κ2) is 4.28. The molecule has 5 heteroatoms. The van der Waals surface area contributed by atoms with Crippen LogP contribution >= 0.6 is 15.9 Å². The van der Waals surface area contributed by atoms with Crippen LogP contribution in [0.3, 0.4) is 0 Å². The molecule has 15 heavy (non-hydrogen) atoms. The molecule has 0 aromatic heterocycles. The number of benzene rings is 1. The maximum Gasteiger partial charge on any atom is 0.189 e. The van der Waals surface area contributed by atoms with Crippen LogP contribution in [0.1, 0.15) is 11.1 Å². The predicted octanol–water partition coefficient (Wildman–Crippen LogP) is 2.20. The SMILES string of the molecule is O=CCc1cc(Br)c(F)c2c1OCOC2. The number of hydrogen-bond acceptors (Lipinski definition) is 3. The summed E-state index contributed by atoms with van der Waals surface area (Å²) >= 11 is 3.09. The van der Waals surface area contributed by atoms with E-state index in [1.807, 2.05) is 0 Å². The molecular weight excluding hydrogens is 267 g/mol. The van der Waals surface area contributed by atoms with E-state index in [1.54, 1.807) is 6.07 Å². The minimum atomic E-state index is -0.389. The van der Waals surface area contributed by atoms with Crippen LogP contribution in [0.5, 0.6) is 5.75 Å². The lowest BCUT2D eigenvalue weighted by molar-refractivity contribution is -0.107. The molecule has 0 bridgehead atoms. The van der Waals surface area contributed by atoms with Crippen molar-refractivity contribution < 1.29 is 18.7 Å². The van der Waals surface area contributed by atoms with Crippen molar-refractivity contribution in [2.75, 3.05) is 6.79 Å². The molecule has 3 nitrogen and oxygen atoms in total. The highest BCUT2D eigenvalue weighted by Crippen LogP contribution is 2.34. The summed E-state index contributed by atoms with van der Waals surface area (Å²) in [5.41, 5.74) is 1.05. The number of carbonyl (C=O) groups excluding carboxylic acids is 1. The van der Waals surface area contributed by atoms with E-state index in [0.29, 0.717) is 21.3 Å². The monoisotopic (exact) mass is 274 g/mol. The fourth-order valence-corrected chi connectivity index (χ4v) is 2.03. The Bertz CT molecular complexity index is 406. The van der Waals surface area contributed by atoms with Crippen molar-refractivity contribution in [1.82, 2.24) is 0 Å². The average molecular weight is 275 g/mol. The molecule has 0 saturated heterocycles. The van der Waals surface area contributed by atoms with Crippen LogP contribution < -0.4 is 4.74 Å². The Kier molecular flexibility index (Phi) is 3.02. The van der Waals surface area contributed by atoms with E-state index in [-0.39, 0.29) is 25.6 Å². The Balaban J connectivity index is 2.56. The molecule has 1 heterocycles. The number of hydrogen-bond donors (Lipinski definition) is 0. The summed E-state index contributed by atoms with van der Waals surface area (Å²) in [6.07, 6.45) is 0.972. The molecule has 2 rings (SSSR count). The van der Waals surface area contributed by atoms with E-state index in [9.17, 15) is 9.18 Å².